The number of hydrogen-bond acceptors (Lipinski definition) is 3. The summed E-state index contributed by atoms with van der Waals surface area (Å²) in [6.45, 7) is 5.06. The molecule has 18 heavy (non-hydrogen) atoms. The van der Waals surface area contributed by atoms with E-state index in [0.717, 1.165) is 12.2 Å². The fourth-order valence-electron chi connectivity index (χ4n) is 2.06. The molecular weight excluding hydrogens is 228 g/mol. The van der Waals surface area contributed by atoms with Crippen LogP contribution in [0.25, 0.3) is 0 Å². The molecule has 1 aromatic rings. The van der Waals surface area contributed by atoms with Crippen LogP contribution in [-0.2, 0) is 0 Å². The normalized spacial score (nSPS) is 17.9. The highest BCUT2D eigenvalue weighted by Crippen LogP contribution is 2.25. The molecule has 1 unspecified atom stereocenters. The number of hydrogen-bond donors (Lipinski definition) is 0. The van der Waals surface area contributed by atoms with E-state index in [9.17, 15) is 10.1 Å². The summed E-state index contributed by atoms with van der Waals surface area (Å²) in [6.07, 6.45) is 6.40. The van der Waals surface area contributed by atoms with Gasteiger partial charge in [0, 0.05) is 36.5 Å². The summed E-state index contributed by atoms with van der Waals surface area (Å²) >= 11 is 0. The Morgan fingerprint density at radius 1 is 1.39 bits per heavy atom. The topological polar surface area (TPSA) is 46.4 Å². The van der Waals surface area contributed by atoms with Crippen LogP contribution in [0.15, 0.2) is 48.2 Å². The molecule has 0 N–H and O–H groups in total. The van der Waals surface area contributed by atoms with E-state index in [-0.39, 0.29) is 10.6 Å². The van der Waals surface area contributed by atoms with Gasteiger partial charge in [-0.15, -0.1) is 0 Å². The van der Waals surface area contributed by atoms with Crippen molar-refractivity contribution in [3.05, 3.63) is 58.3 Å². The number of benzene rings is 1. The average Bonchev–Trinajstić information content (AvgIpc) is 2.76. The Bertz CT molecular complexity index is 499. The van der Waals surface area contributed by atoms with E-state index in [4.69, 9.17) is 0 Å². The molecule has 0 radical (unpaired) electrons. The third-order valence-electron chi connectivity index (χ3n) is 2.86. The average molecular weight is 244 g/mol. The molecule has 4 heteroatoms. The Labute approximate surface area is 106 Å². The number of non-ortho nitro benzene ring substituents is 1. The molecule has 1 atom stereocenters. The van der Waals surface area contributed by atoms with E-state index in [1.807, 2.05) is 6.20 Å². The number of nitrogens with zero attached hydrogens (tertiary/aromatic N) is 2. The van der Waals surface area contributed by atoms with Crippen LogP contribution >= 0.6 is 0 Å². The monoisotopic (exact) mass is 244 g/mol. The van der Waals surface area contributed by atoms with E-state index in [1.165, 1.54) is 17.7 Å². The zero-order valence-electron chi connectivity index (χ0n) is 10.5. The minimum Gasteiger partial charge on any atom is -0.347 e. The lowest BCUT2D eigenvalue weighted by Gasteiger charge is -2.16. The van der Waals surface area contributed by atoms with Gasteiger partial charge in [-0.2, -0.15) is 0 Å². The predicted molar refractivity (Wildman–Crippen MR) is 72.5 cm³/mol. The van der Waals surface area contributed by atoms with Crippen LogP contribution in [-0.4, -0.2) is 11.5 Å². The van der Waals surface area contributed by atoms with Gasteiger partial charge < -0.3 is 4.90 Å². The Balaban J connectivity index is 2.08. The molecule has 0 spiro atoms. The Kier molecular flexibility index (Phi) is 3.46. The minimum absolute atomic E-state index is 0.128. The van der Waals surface area contributed by atoms with Gasteiger partial charge in [-0.3, -0.25) is 10.1 Å². The molecule has 0 aromatic heterocycles. The van der Waals surface area contributed by atoms with E-state index >= 15 is 0 Å². The second-order valence-electron chi connectivity index (χ2n) is 4.68. The molecule has 1 aliphatic heterocycles. The summed E-state index contributed by atoms with van der Waals surface area (Å²) < 4.78 is 0. The molecule has 1 aliphatic rings. The van der Waals surface area contributed by atoms with Crippen LogP contribution in [0, 0.1) is 16.0 Å². The third-order valence-corrected chi connectivity index (χ3v) is 2.86. The summed E-state index contributed by atoms with van der Waals surface area (Å²) in [5.74, 6) is 0.421. The van der Waals surface area contributed by atoms with Crippen LogP contribution in [0.4, 0.5) is 11.4 Å². The van der Waals surface area contributed by atoms with Crippen molar-refractivity contribution in [2.75, 3.05) is 11.4 Å². The lowest BCUT2D eigenvalue weighted by atomic mass is 10.1. The van der Waals surface area contributed by atoms with Crippen molar-refractivity contribution in [3.63, 3.8) is 0 Å². The highest BCUT2D eigenvalue weighted by Gasteiger charge is 2.15. The van der Waals surface area contributed by atoms with Crippen molar-refractivity contribution < 1.29 is 4.92 Å². The highest BCUT2D eigenvalue weighted by molar-refractivity contribution is 5.54. The summed E-state index contributed by atoms with van der Waals surface area (Å²) in [5, 5.41) is 10.6. The van der Waals surface area contributed by atoms with Gasteiger partial charge in [0.15, 0.2) is 0 Å². The number of nitro benzene ring substituents is 1. The summed E-state index contributed by atoms with van der Waals surface area (Å²) in [6, 6.07) is 6.65. The first-order valence-corrected chi connectivity index (χ1v) is 5.91. The van der Waals surface area contributed by atoms with Crippen molar-refractivity contribution in [2.24, 2.45) is 5.92 Å². The summed E-state index contributed by atoms with van der Waals surface area (Å²) in [7, 11) is 0. The van der Waals surface area contributed by atoms with Crippen LogP contribution in [0.2, 0.25) is 0 Å². The first kappa shape index (κ1) is 12.4. The molecule has 0 aliphatic carbocycles. The highest BCUT2D eigenvalue weighted by atomic mass is 16.6. The number of rotatable bonds is 3. The maximum Gasteiger partial charge on any atom is 0.269 e. The second-order valence-corrected chi connectivity index (χ2v) is 4.68. The molecule has 0 bridgehead atoms. The van der Waals surface area contributed by atoms with E-state index in [2.05, 4.69) is 30.9 Å². The fraction of sp³-hybridized carbons (Fsp3) is 0.286. The Morgan fingerprint density at radius 2 is 2.06 bits per heavy atom. The maximum absolute atomic E-state index is 10.6. The zero-order valence-corrected chi connectivity index (χ0v) is 10.5. The maximum atomic E-state index is 10.6. The van der Waals surface area contributed by atoms with Crippen molar-refractivity contribution in [3.8, 4) is 0 Å². The van der Waals surface area contributed by atoms with E-state index in [0.29, 0.717) is 5.92 Å². The van der Waals surface area contributed by atoms with E-state index in [1.54, 1.807) is 12.1 Å². The van der Waals surface area contributed by atoms with Gasteiger partial charge in [0.25, 0.3) is 5.69 Å². The van der Waals surface area contributed by atoms with Gasteiger partial charge in [-0.25, -0.2) is 0 Å². The lowest BCUT2D eigenvalue weighted by Crippen LogP contribution is -2.16. The summed E-state index contributed by atoms with van der Waals surface area (Å²) in [4.78, 5) is 12.3. The zero-order chi connectivity index (χ0) is 13.1. The number of allylic oxidation sites excluding steroid dienone is 1. The van der Waals surface area contributed by atoms with Crippen molar-refractivity contribution in [1.29, 1.82) is 0 Å². The second kappa shape index (κ2) is 5.04. The molecule has 0 amide bonds. The molecule has 0 fully saturated rings. The fourth-order valence-corrected chi connectivity index (χ4v) is 2.06. The predicted octanol–water partition coefficient (Wildman–Crippen LogP) is 3.51. The number of anilines is 1. The lowest BCUT2D eigenvalue weighted by molar-refractivity contribution is -0.384. The van der Waals surface area contributed by atoms with Gasteiger partial charge >= 0.3 is 0 Å². The SMILES string of the molecule is CC(C)=CC1C=CN(c2ccc([N+](=O)[O-])cc2)C1. The molecule has 1 heterocycles. The molecule has 1 aromatic carbocycles. The van der Waals surface area contributed by atoms with Crippen LogP contribution in [0.5, 0.6) is 0 Å². The molecule has 0 saturated heterocycles. The van der Waals surface area contributed by atoms with Crippen LogP contribution in [0.1, 0.15) is 13.8 Å². The minimum atomic E-state index is -0.379. The molecule has 2 rings (SSSR count). The van der Waals surface area contributed by atoms with Crippen LogP contribution < -0.4 is 4.90 Å². The quantitative estimate of drug-likeness (QED) is 0.464. The van der Waals surface area contributed by atoms with Gasteiger partial charge in [0.05, 0.1) is 4.92 Å². The van der Waals surface area contributed by atoms with Gasteiger partial charge in [0.1, 0.15) is 0 Å². The Morgan fingerprint density at radius 3 is 2.61 bits per heavy atom. The first-order valence-electron chi connectivity index (χ1n) is 5.91. The van der Waals surface area contributed by atoms with Crippen molar-refractivity contribution >= 4 is 11.4 Å². The van der Waals surface area contributed by atoms with Crippen LogP contribution in [0.3, 0.4) is 0 Å². The van der Waals surface area contributed by atoms with Crippen molar-refractivity contribution in [1.82, 2.24) is 0 Å². The van der Waals surface area contributed by atoms with Gasteiger partial charge in [-0.1, -0.05) is 17.7 Å². The molecule has 0 saturated carbocycles. The standard InChI is InChI=1S/C14H16N2O2/c1-11(2)9-12-7-8-15(10-12)13-3-5-14(6-4-13)16(17)18/h3-9,12H,10H2,1-2H3. The Hall–Kier alpha value is -2.10. The van der Waals surface area contributed by atoms with Gasteiger partial charge in [-0.05, 0) is 26.0 Å². The van der Waals surface area contributed by atoms with Gasteiger partial charge in [0.2, 0.25) is 0 Å². The third kappa shape index (κ3) is 2.77. The molecule has 4 nitrogen and oxygen atoms in total. The van der Waals surface area contributed by atoms with Crippen molar-refractivity contribution in [2.45, 2.75) is 13.8 Å². The smallest absolute Gasteiger partial charge is 0.269 e. The summed E-state index contributed by atoms with van der Waals surface area (Å²) in [5.41, 5.74) is 2.42. The molecular formula is C14H16N2O2. The van der Waals surface area contributed by atoms with E-state index < -0.39 is 0 Å². The first-order chi connectivity index (χ1) is 8.56. The largest absolute Gasteiger partial charge is 0.347 e. The molecule has 94 valence electrons. The number of nitro groups is 1.